The van der Waals surface area contributed by atoms with Gasteiger partial charge in [-0.3, -0.25) is 9.20 Å². The van der Waals surface area contributed by atoms with Gasteiger partial charge in [0.05, 0.1) is 18.9 Å². The Balaban J connectivity index is 1.76. The fraction of sp³-hybridized carbons (Fsp3) is 0.238. The molecule has 1 fully saturated rings. The molecule has 3 aromatic rings. The molecule has 0 radical (unpaired) electrons. The maximum Gasteiger partial charge on any atom is 0.258 e. The number of alkyl halides is 1. The van der Waals surface area contributed by atoms with Crippen LogP contribution >= 0.6 is 0 Å². The van der Waals surface area contributed by atoms with Crippen LogP contribution in [-0.4, -0.2) is 40.6 Å². The van der Waals surface area contributed by atoms with E-state index >= 15 is 0 Å². The van der Waals surface area contributed by atoms with Crippen molar-refractivity contribution in [3.8, 4) is 11.1 Å². The lowest BCUT2D eigenvalue weighted by atomic mass is 10.0. The van der Waals surface area contributed by atoms with Crippen LogP contribution in [0.4, 0.5) is 8.78 Å². The smallest absolute Gasteiger partial charge is 0.258 e. The first-order chi connectivity index (χ1) is 13.6. The van der Waals surface area contributed by atoms with Crippen molar-refractivity contribution in [2.45, 2.75) is 6.67 Å². The highest BCUT2D eigenvalue weighted by Crippen LogP contribution is 2.28. The second-order valence-corrected chi connectivity index (χ2v) is 6.58. The summed E-state index contributed by atoms with van der Waals surface area (Å²) >= 11 is 0. The van der Waals surface area contributed by atoms with Gasteiger partial charge in [0.15, 0.2) is 0 Å². The van der Waals surface area contributed by atoms with E-state index in [-0.39, 0.29) is 11.3 Å². The van der Waals surface area contributed by atoms with Crippen molar-refractivity contribution < 1.29 is 13.5 Å². The molecule has 1 saturated heterocycles. The third-order valence-electron chi connectivity index (χ3n) is 4.86. The van der Waals surface area contributed by atoms with Crippen molar-refractivity contribution in [2.75, 3.05) is 26.3 Å². The Morgan fingerprint density at radius 3 is 2.71 bits per heavy atom. The summed E-state index contributed by atoms with van der Waals surface area (Å²) in [7, 11) is 0. The maximum absolute atomic E-state index is 14.9. The molecule has 1 aliphatic heterocycles. The standard InChI is InChI=1S/C21H19F2N3O2/c1-14(25-7-9-28-10-8-25)17-5-4-15(11-19(17)23)18-3-2-6-26-20(27)12-16(13-22)24-21(18)26/h2-6,11-12H,1,7-10,13H2. The highest BCUT2D eigenvalue weighted by Gasteiger charge is 2.17. The van der Waals surface area contributed by atoms with E-state index in [9.17, 15) is 13.6 Å². The lowest BCUT2D eigenvalue weighted by Crippen LogP contribution is -2.34. The van der Waals surface area contributed by atoms with Crippen molar-refractivity contribution >= 4 is 11.3 Å². The van der Waals surface area contributed by atoms with Crippen LogP contribution in [0.3, 0.4) is 0 Å². The van der Waals surface area contributed by atoms with Gasteiger partial charge in [-0.15, -0.1) is 0 Å². The molecule has 3 heterocycles. The van der Waals surface area contributed by atoms with E-state index in [1.54, 1.807) is 30.5 Å². The van der Waals surface area contributed by atoms with Gasteiger partial charge in [-0.1, -0.05) is 12.6 Å². The first-order valence-electron chi connectivity index (χ1n) is 8.97. The quantitative estimate of drug-likeness (QED) is 0.694. The molecule has 0 saturated carbocycles. The molecule has 0 unspecified atom stereocenters. The normalized spacial score (nSPS) is 14.4. The molecule has 1 aliphatic rings. The number of aromatic nitrogens is 2. The van der Waals surface area contributed by atoms with Crippen LogP contribution in [0.5, 0.6) is 0 Å². The molecule has 144 valence electrons. The average molecular weight is 383 g/mol. The largest absolute Gasteiger partial charge is 0.378 e. The third-order valence-corrected chi connectivity index (χ3v) is 4.86. The van der Waals surface area contributed by atoms with E-state index in [1.807, 2.05) is 4.90 Å². The SMILES string of the molecule is C=C(c1ccc(-c2cccn3c(=O)cc(CF)nc23)cc1F)N1CCOCC1. The Hall–Kier alpha value is -3.06. The molecule has 1 aromatic carbocycles. The van der Waals surface area contributed by atoms with Crippen LogP contribution in [0, 0.1) is 5.82 Å². The summed E-state index contributed by atoms with van der Waals surface area (Å²) in [5, 5.41) is 0. The van der Waals surface area contributed by atoms with Gasteiger partial charge in [-0.25, -0.2) is 13.8 Å². The van der Waals surface area contributed by atoms with Crippen LogP contribution in [0.25, 0.3) is 22.5 Å². The fourth-order valence-corrected chi connectivity index (χ4v) is 3.39. The Morgan fingerprint density at radius 2 is 2.00 bits per heavy atom. The summed E-state index contributed by atoms with van der Waals surface area (Å²) in [6, 6.07) is 9.39. The number of pyridine rings is 1. The molecule has 0 atom stereocenters. The molecule has 5 nitrogen and oxygen atoms in total. The van der Waals surface area contributed by atoms with E-state index in [2.05, 4.69) is 11.6 Å². The molecule has 28 heavy (non-hydrogen) atoms. The van der Waals surface area contributed by atoms with Crippen molar-refractivity contribution in [1.29, 1.82) is 0 Å². The second kappa shape index (κ2) is 7.52. The number of hydrogen-bond acceptors (Lipinski definition) is 4. The molecular weight excluding hydrogens is 364 g/mol. The molecule has 0 aliphatic carbocycles. The maximum atomic E-state index is 14.9. The summed E-state index contributed by atoms with van der Waals surface area (Å²) in [4.78, 5) is 18.4. The minimum Gasteiger partial charge on any atom is -0.378 e. The molecule has 0 spiro atoms. The Bertz CT molecular complexity index is 1100. The highest BCUT2D eigenvalue weighted by molar-refractivity contribution is 5.78. The fourth-order valence-electron chi connectivity index (χ4n) is 3.39. The molecule has 0 N–H and O–H groups in total. The lowest BCUT2D eigenvalue weighted by molar-refractivity contribution is 0.0639. The van der Waals surface area contributed by atoms with Gasteiger partial charge >= 0.3 is 0 Å². The number of halogens is 2. The minimum atomic E-state index is -0.841. The van der Waals surface area contributed by atoms with Gasteiger partial charge < -0.3 is 9.64 Å². The number of nitrogens with zero attached hydrogens (tertiary/aromatic N) is 3. The molecule has 0 bridgehead atoms. The van der Waals surface area contributed by atoms with Crippen LogP contribution in [0.2, 0.25) is 0 Å². The van der Waals surface area contributed by atoms with Crippen LogP contribution < -0.4 is 5.56 Å². The number of morpholine rings is 1. The molecular formula is C21H19F2N3O2. The van der Waals surface area contributed by atoms with Crippen molar-refractivity contribution in [1.82, 2.24) is 14.3 Å². The summed E-state index contributed by atoms with van der Waals surface area (Å²) in [5.41, 5.74) is 2.10. The monoisotopic (exact) mass is 383 g/mol. The zero-order valence-electron chi connectivity index (χ0n) is 15.2. The molecule has 7 heteroatoms. The van der Waals surface area contributed by atoms with E-state index < -0.39 is 12.5 Å². The topological polar surface area (TPSA) is 46.8 Å². The Labute approximate surface area is 160 Å². The lowest BCUT2D eigenvalue weighted by Gasteiger charge is -2.30. The van der Waals surface area contributed by atoms with E-state index in [0.29, 0.717) is 54.3 Å². The Kier molecular flexibility index (Phi) is 4.92. The van der Waals surface area contributed by atoms with E-state index in [4.69, 9.17) is 4.74 Å². The first-order valence-corrected chi connectivity index (χ1v) is 8.97. The zero-order chi connectivity index (χ0) is 19.7. The van der Waals surface area contributed by atoms with E-state index in [1.165, 1.54) is 10.5 Å². The Morgan fingerprint density at radius 1 is 1.21 bits per heavy atom. The third kappa shape index (κ3) is 3.29. The van der Waals surface area contributed by atoms with E-state index in [0.717, 1.165) is 6.07 Å². The minimum absolute atomic E-state index is 0.0511. The number of benzene rings is 1. The van der Waals surface area contributed by atoms with Gasteiger partial charge in [-0.2, -0.15) is 0 Å². The number of ether oxygens (including phenoxy) is 1. The van der Waals surface area contributed by atoms with Crippen molar-refractivity contribution in [3.63, 3.8) is 0 Å². The number of fused-ring (bicyclic) bond motifs is 1. The second-order valence-electron chi connectivity index (χ2n) is 6.58. The molecule has 2 aromatic heterocycles. The van der Waals surface area contributed by atoms with Crippen LogP contribution in [0.1, 0.15) is 11.3 Å². The van der Waals surface area contributed by atoms with Gasteiger partial charge in [0, 0.05) is 42.2 Å². The van der Waals surface area contributed by atoms with Gasteiger partial charge in [-0.05, 0) is 29.8 Å². The highest BCUT2D eigenvalue weighted by atomic mass is 19.1. The number of hydrogen-bond donors (Lipinski definition) is 0. The van der Waals surface area contributed by atoms with Crippen molar-refractivity contribution in [3.05, 3.63) is 76.6 Å². The molecule has 0 amide bonds. The van der Waals surface area contributed by atoms with Crippen LogP contribution in [0.15, 0.2) is 54.0 Å². The summed E-state index contributed by atoms with van der Waals surface area (Å²) in [5.74, 6) is -0.417. The summed E-state index contributed by atoms with van der Waals surface area (Å²) < 4.78 is 34.6. The molecule has 4 rings (SSSR count). The number of rotatable bonds is 4. The first kappa shape index (κ1) is 18.3. The van der Waals surface area contributed by atoms with Gasteiger partial charge in [0.1, 0.15) is 18.1 Å². The predicted molar refractivity (Wildman–Crippen MR) is 103 cm³/mol. The zero-order valence-corrected chi connectivity index (χ0v) is 15.2. The van der Waals surface area contributed by atoms with Gasteiger partial charge in [0.2, 0.25) is 0 Å². The summed E-state index contributed by atoms with van der Waals surface area (Å²) in [6.45, 7) is 5.70. The van der Waals surface area contributed by atoms with Crippen LogP contribution in [-0.2, 0) is 11.4 Å². The van der Waals surface area contributed by atoms with Gasteiger partial charge in [0.25, 0.3) is 5.56 Å². The van der Waals surface area contributed by atoms with Crippen molar-refractivity contribution in [2.24, 2.45) is 0 Å². The summed E-state index contributed by atoms with van der Waals surface area (Å²) in [6.07, 6.45) is 1.56. The predicted octanol–water partition coefficient (Wildman–Crippen LogP) is 3.27. The average Bonchev–Trinajstić information content (AvgIpc) is 2.73.